The number of rotatable bonds is 6. The van der Waals surface area contributed by atoms with Crippen molar-refractivity contribution >= 4 is 10.0 Å². The molecule has 2 aromatic carbocycles. The average Bonchev–Trinajstić information content (AvgIpc) is 3.04. The molecule has 6 nitrogen and oxygen atoms in total. The number of benzene rings is 2. The fourth-order valence-corrected chi connectivity index (χ4v) is 3.10. The molecule has 0 bridgehead atoms. The molecule has 1 heterocycles. The first kappa shape index (κ1) is 17.3. The smallest absolute Gasteiger partial charge is 0.242 e. The highest BCUT2D eigenvalue weighted by atomic mass is 32.2. The number of hydrogen-bond acceptors (Lipinski definition) is 5. The minimum Gasteiger partial charge on any atom is -0.338 e. The van der Waals surface area contributed by atoms with Crippen molar-refractivity contribution in [1.29, 1.82) is 0 Å². The lowest BCUT2D eigenvalue weighted by molar-refractivity contribution is 0.313. The van der Waals surface area contributed by atoms with Gasteiger partial charge >= 0.3 is 0 Å². The molecule has 0 fully saturated rings. The van der Waals surface area contributed by atoms with Crippen LogP contribution in [0, 0.1) is 6.92 Å². The molecule has 1 aromatic heterocycles. The van der Waals surface area contributed by atoms with Crippen molar-refractivity contribution in [2.45, 2.75) is 20.0 Å². The van der Waals surface area contributed by atoms with E-state index in [1.165, 1.54) is 10.6 Å². The predicted octanol–water partition coefficient (Wildman–Crippen LogP) is 3.01. The first-order valence-electron chi connectivity index (χ1n) is 7.80. The minimum atomic E-state index is -3.42. The largest absolute Gasteiger partial charge is 0.338 e. The van der Waals surface area contributed by atoms with E-state index in [1.807, 2.05) is 61.5 Å². The van der Waals surface area contributed by atoms with Gasteiger partial charge in [-0.15, -0.1) is 0 Å². The molecule has 0 aliphatic rings. The van der Waals surface area contributed by atoms with E-state index < -0.39 is 10.0 Å². The van der Waals surface area contributed by atoms with E-state index in [9.17, 15) is 8.42 Å². The van der Waals surface area contributed by atoms with Crippen LogP contribution in [0.4, 0.5) is 0 Å². The van der Waals surface area contributed by atoms with Crippen molar-refractivity contribution in [2.24, 2.45) is 0 Å². The fraction of sp³-hybridized carbons (Fsp3) is 0.222. The van der Waals surface area contributed by atoms with Gasteiger partial charge in [-0.3, -0.25) is 0 Å². The highest BCUT2D eigenvalue weighted by Crippen LogP contribution is 2.18. The molecular formula is C18H19N3O3S. The lowest BCUT2D eigenvalue weighted by atomic mass is 10.1. The molecule has 25 heavy (non-hydrogen) atoms. The first-order chi connectivity index (χ1) is 11.9. The van der Waals surface area contributed by atoms with E-state index in [4.69, 9.17) is 4.52 Å². The SMILES string of the molecule is Cc1ccc(-c2noc(CN(Cc3ccccc3)S(C)(=O)=O)n2)cc1. The third-order valence-corrected chi connectivity index (χ3v) is 4.96. The average molecular weight is 357 g/mol. The molecule has 7 heteroatoms. The molecule has 130 valence electrons. The Morgan fingerprint density at radius 3 is 2.32 bits per heavy atom. The quantitative estimate of drug-likeness (QED) is 0.678. The number of nitrogens with zero attached hydrogens (tertiary/aromatic N) is 3. The first-order valence-corrected chi connectivity index (χ1v) is 9.65. The summed E-state index contributed by atoms with van der Waals surface area (Å²) in [6, 6.07) is 17.1. The van der Waals surface area contributed by atoms with Gasteiger partial charge in [-0.1, -0.05) is 65.3 Å². The van der Waals surface area contributed by atoms with Gasteiger partial charge in [0.2, 0.25) is 21.7 Å². The minimum absolute atomic E-state index is 0.0343. The zero-order chi connectivity index (χ0) is 17.9. The lowest BCUT2D eigenvalue weighted by Crippen LogP contribution is -2.29. The molecule has 0 amide bonds. The molecule has 0 radical (unpaired) electrons. The van der Waals surface area contributed by atoms with Crippen molar-refractivity contribution in [3.8, 4) is 11.4 Å². The van der Waals surface area contributed by atoms with Crippen LogP contribution in [0.15, 0.2) is 59.1 Å². The molecule has 0 saturated heterocycles. The monoisotopic (exact) mass is 357 g/mol. The van der Waals surface area contributed by atoms with Crippen LogP contribution in [0.25, 0.3) is 11.4 Å². The Hall–Kier alpha value is -2.51. The van der Waals surface area contributed by atoms with Gasteiger partial charge in [0.05, 0.1) is 12.8 Å². The third kappa shape index (κ3) is 4.52. The van der Waals surface area contributed by atoms with Gasteiger partial charge in [0.15, 0.2) is 0 Å². The van der Waals surface area contributed by atoms with Gasteiger partial charge in [0, 0.05) is 12.1 Å². The summed E-state index contributed by atoms with van der Waals surface area (Å²) in [5.41, 5.74) is 2.86. The molecule has 0 spiro atoms. The Balaban J connectivity index is 1.79. The van der Waals surface area contributed by atoms with Gasteiger partial charge in [-0.05, 0) is 12.5 Å². The van der Waals surface area contributed by atoms with Crippen molar-refractivity contribution < 1.29 is 12.9 Å². The maximum Gasteiger partial charge on any atom is 0.242 e. The molecule has 0 atom stereocenters. The van der Waals surface area contributed by atoms with E-state index in [0.29, 0.717) is 5.82 Å². The molecule has 0 aliphatic heterocycles. The fourth-order valence-electron chi connectivity index (χ4n) is 2.37. The van der Waals surface area contributed by atoms with Crippen LogP contribution in [0.3, 0.4) is 0 Å². The van der Waals surface area contributed by atoms with Crippen LogP contribution >= 0.6 is 0 Å². The molecule has 0 N–H and O–H groups in total. The zero-order valence-electron chi connectivity index (χ0n) is 14.1. The summed E-state index contributed by atoms with van der Waals surface area (Å²) in [4.78, 5) is 4.32. The van der Waals surface area contributed by atoms with Crippen LogP contribution in [0.2, 0.25) is 0 Å². The number of aromatic nitrogens is 2. The van der Waals surface area contributed by atoms with Gasteiger partial charge in [-0.25, -0.2) is 8.42 Å². The summed E-state index contributed by atoms with van der Waals surface area (Å²) in [6.07, 6.45) is 1.17. The molecule has 0 saturated carbocycles. The van der Waals surface area contributed by atoms with Crippen molar-refractivity contribution in [1.82, 2.24) is 14.4 Å². The Morgan fingerprint density at radius 2 is 1.68 bits per heavy atom. The number of hydrogen-bond donors (Lipinski definition) is 0. The molecule has 3 aromatic rings. The molecule has 0 unspecified atom stereocenters. The summed E-state index contributed by atoms with van der Waals surface area (Å²) < 4.78 is 30.7. The topological polar surface area (TPSA) is 76.3 Å². The maximum atomic E-state index is 12.1. The Morgan fingerprint density at radius 1 is 1.00 bits per heavy atom. The Bertz CT molecular complexity index is 935. The Labute approximate surface area is 147 Å². The summed E-state index contributed by atoms with van der Waals surface area (Å²) >= 11 is 0. The maximum absolute atomic E-state index is 12.1. The summed E-state index contributed by atoms with van der Waals surface area (Å²) in [5, 5.41) is 3.95. The van der Waals surface area contributed by atoms with E-state index in [2.05, 4.69) is 10.1 Å². The van der Waals surface area contributed by atoms with Gasteiger partial charge < -0.3 is 4.52 Å². The second kappa shape index (κ2) is 7.16. The summed E-state index contributed by atoms with van der Waals surface area (Å²) in [5.74, 6) is 0.708. The second-order valence-electron chi connectivity index (χ2n) is 5.89. The Kier molecular flexibility index (Phi) is 4.96. The van der Waals surface area contributed by atoms with Crippen molar-refractivity contribution in [3.05, 3.63) is 71.6 Å². The third-order valence-electron chi connectivity index (χ3n) is 3.76. The summed E-state index contributed by atoms with van der Waals surface area (Å²) in [6.45, 7) is 2.29. The predicted molar refractivity (Wildman–Crippen MR) is 95.0 cm³/mol. The van der Waals surface area contributed by atoms with Crippen LogP contribution < -0.4 is 0 Å². The number of aryl methyl sites for hydroxylation is 1. The zero-order valence-corrected chi connectivity index (χ0v) is 14.9. The summed E-state index contributed by atoms with van der Waals surface area (Å²) in [7, 11) is -3.42. The van der Waals surface area contributed by atoms with Crippen LogP contribution in [-0.2, 0) is 23.1 Å². The van der Waals surface area contributed by atoms with Gasteiger partial charge in [-0.2, -0.15) is 9.29 Å². The van der Waals surface area contributed by atoms with Gasteiger partial charge in [0.1, 0.15) is 0 Å². The van der Waals surface area contributed by atoms with E-state index in [0.717, 1.165) is 16.7 Å². The van der Waals surface area contributed by atoms with Crippen molar-refractivity contribution in [2.75, 3.05) is 6.26 Å². The van der Waals surface area contributed by atoms with E-state index >= 15 is 0 Å². The van der Waals surface area contributed by atoms with Gasteiger partial charge in [0.25, 0.3) is 0 Å². The highest BCUT2D eigenvalue weighted by molar-refractivity contribution is 7.88. The highest BCUT2D eigenvalue weighted by Gasteiger charge is 2.21. The van der Waals surface area contributed by atoms with Crippen LogP contribution in [0.5, 0.6) is 0 Å². The van der Waals surface area contributed by atoms with E-state index in [-0.39, 0.29) is 19.0 Å². The van der Waals surface area contributed by atoms with Crippen LogP contribution in [0.1, 0.15) is 17.0 Å². The standard InChI is InChI=1S/C18H19N3O3S/c1-14-8-10-16(11-9-14)18-19-17(24-20-18)13-21(25(2,22)23)12-15-6-4-3-5-7-15/h3-11H,12-13H2,1-2H3. The van der Waals surface area contributed by atoms with Crippen LogP contribution in [-0.4, -0.2) is 29.1 Å². The molecule has 3 rings (SSSR count). The molecule has 0 aliphatic carbocycles. The molecular weight excluding hydrogens is 338 g/mol. The van der Waals surface area contributed by atoms with E-state index in [1.54, 1.807) is 0 Å². The van der Waals surface area contributed by atoms with Crippen molar-refractivity contribution in [3.63, 3.8) is 0 Å². The number of sulfonamides is 1. The lowest BCUT2D eigenvalue weighted by Gasteiger charge is -2.17. The second-order valence-corrected chi connectivity index (χ2v) is 7.88. The normalized spacial score (nSPS) is 11.8.